The number of carbonyl (C=O) groups excluding carboxylic acids is 3. The zero-order valence-electron chi connectivity index (χ0n) is 21.1. The lowest BCUT2D eigenvalue weighted by atomic mass is 9.94. The van der Waals surface area contributed by atoms with Gasteiger partial charge in [0.15, 0.2) is 11.6 Å². The van der Waals surface area contributed by atoms with Crippen molar-refractivity contribution in [3.05, 3.63) is 101 Å². The molecular formula is C28H19F6NO7. The van der Waals surface area contributed by atoms with Gasteiger partial charge in [-0.25, -0.2) is 0 Å². The minimum atomic E-state index is -5.03. The number of amides is 1. The van der Waals surface area contributed by atoms with Gasteiger partial charge in [-0.05, 0) is 48.0 Å². The highest BCUT2D eigenvalue weighted by Gasteiger charge is 2.32. The van der Waals surface area contributed by atoms with E-state index in [0.29, 0.717) is 0 Å². The van der Waals surface area contributed by atoms with Crippen molar-refractivity contribution in [1.82, 2.24) is 5.32 Å². The number of halogens is 6. The molecule has 3 aromatic rings. The Bertz CT molecular complexity index is 1490. The average Bonchev–Trinajstić information content (AvgIpc) is 2.90. The number of carboxylic acids is 1. The molecule has 0 spiro atoms. The second kappa shape index (κ2) is 13.0. The molecule has 0 aliphatic carbocycles. The minimum Gasteiger partial charge on any atom is -0.481 e. The Morgan fingerprint density at radius 1 is 0.714 bits per heavy atom. The van der Waals surface area contributed by atoms with Crippen LogP contribution in [0, 0.1) is 0 Å². The Hall–Kier alpha value is -5.14. The molecule has 0 aliphatic heterocycles. The van der Waals surface area contributed by atoms with Gasteiger partial charge in [0.1, 0.15) is 11.5 Å². The molecule has 3 rings (SSSR count). The number of nitrogens with one attached hydrogen (secondary N) is 1. The fraction of sp³-hybridized carbons (Fsp3) is 0.143. The lowest BCUT2D eigenvalue weighted by molar-refractivity contribution is -0.275. The van der Waals surface area contributed by atoms with E-state index in [-0.39, 0.29) is 40.8 Å². The first-order valence-corrected chi connectivity index (χ1v) is 11.7. The molecular weight excluding hydrogens is 576 g/mol. The van der Waals surface area contributed by atoms with Gasteiger partial charge in [-0.15, -0.1) is 26.3 Å². The smallest absolute Gasteiger partial charge is 0.481 e. The number of ketones is 2. The molecule has 14 heteroatoms. The van der Waals surface area contributed by atoms with Crippen molar-refractivity contribution in [1.29, 1.82) is 0 Å². The predicted molar refractivity (Wildman–Crippen MR) is 134 cm³/mol. The molecule has 42 heavy (non-hydrogen) atoms. The van der Waals surface area contributed by atoms with Gasteiger partial charge in [0.05, 0.1) is 6.42 Å². The number of hydrogen-bond acceptors (Lipinski definition) is 6. The number of Topliss-reactive ketones (excluding diaryl/α,β-unsaturated/α-hetero) is 1. The summed E-state index contributed by atoms with van der Waals surface area (Å²) in [5, 5.41) is 11.1. The maximum Gasteiger partial charge on any atom is 0.573 e. The standard InChI is InChI=1S/C28H19F6NO7/c29-27(30,31)41-20-10-8-16(9-11-20)22(15-23(36)19-2-1-3-21(14-19)42-28(32,33)34)25(39)17-4-6-18(7-5-17)26(40)35-13-12-24(37)38/h1-11,14-15H,12-13H2,(H,35,40)(H,37,38). The van der Waals surface area contributed by atoms with Crippen LogP contribution in [-0.2, 0) is 4.79 Å². The normalized spacial score (nSPS) is 11.9. The van der Waals surface area contributed by atoms with Gasteiger partial charge < -0.3 is 19.9 Å². The van der Waals surface area contributed by atoms with Crippen LogP contribution in [0.15, 0.2) is 78.9 Å². The first-order valence-electron chi connectivity index (χ1n) is 11.7. The quantitative estimate of drug-likeness (QED) is 0.163. The number of hydrogen-bond donors (Lipinski definition) is 2. The SMILES string of the molecule is O=C(O)CCNC(=O)c1ccc(C(=O)C(=CC(=O)c2cccc(OC(F)(F)F)c2)c2ccc(OC(F)(F)F)cc2)cc1. The molecule has 0 bridgehead atoms. The fourth-order valence-corrected chi connectivity index (χ4v) is 3.49. The number of ether oxygens (including phenoxy) is 2. The molecule has 0 fully saturated rings. The number of carboxylic acid groups (broad SMARTS) is 1. The third-order valence-corrected chi connectivity index (χ3v) is 5.30. The van der Waals surface area contributed by atoms with Crippen molar-refractivity contribution >= 4 is 29.0 Å². The lowest BCUT2D eigenvalue weighted by Crippen LogP contribution is -2.26. The van der Waals surface area contributed by atoms with E-state index in [1.54, 1.807) is 0 Å². The molecule has 0 radical (unpaired) electrons. The van der Waals surface area contributed by atoms with Crippen LogP contribution in [0.25, 0.3) is 5.57 Å². The number of allylic oxidation sites excluding steroid dienone is 2. The summed E-state index contributed by atoms with van der Waals surface area (Å²) in [4.78, 5) is 49.2. The third-order valence-electron chi connectivity index (χ3n) is 5.30. The van der Waals surface area contributed by atoms with Crippen molar-refractivity contribution in [3.63, 3.8) is 0 Å². The first-order chi connectivity index (χ1) is 19.6. The molecule has 0 aliphatic rings. The van der Waals surface area contributed by atoms with Gasteiger partial charge in [0.2, 0.25) is 0 Å². The van der Waals surface area contributed by atoms with E-state index in [9.17, 15) is 45.5 Å². The summed E-state index contributed by atoms with van der Waals surface area (Å²) in [6.45, 7) is -0.146. The third kappa shape index (κ3) is 9.50. The van der Waals surface area contributed by atoms with E-state index < -0.39 is 47.7 Å². The summed E-state index contributed by atoms with van der Waals surface area (Å²) in [6, 6.07) is 12.9. The number of aliphatic carboxylic acids is 1. The highest BCUT2D eigenvalue weighted by molar-refractivity contribution is 6.32. The van der Waals surface area contributed by atoms with Crippen molar-refractivity contribution in [2.45, 2.75) is 19.1 Å². The zero-order chi connectivity index (χ0) is 31.1. The fourth-order valence-electron chi connectivity index (χ4n) is 3.49. The van der Waals surface area contributed by atoms with Gasteiger partial charge in [0.25, 0.3) is 5.91 Å². The number of carbonyl (C=O) groups is 4. The number of rotatable bonds is 11. The summed E-state index contributed by atoms with van der Waals surface area (Å²) < 4.78 is 83.2. The van der Waals surface area contributed by atoms with Crippen molar-refractivity contribution < 1.29 is 60.1 Å². The topological polar surface area (TPSA) is 119 Å². The maximum atomic E-state index is 13.4. The van der Waals surface area contributed by atoms with Crippen LogP contribution in [0.5, 0.6) is 11.5 Å². The largest absolute Gasteiger partial charge is 0.573 e. The summed E-state index contributed by atoms with van der Waals surface area (Å²) in [6.07, 6.45) is -9.53. The second-order valence-corrected chi connectivity index (χ2v) is 8.38. The van der Waals surface area contributed by atoms with E-state index in [1.807, 2.05) is 0 Å². The summed E-state index contributed by atoms with van der Waals surface area (Å²) in [7, 11) is 0. The maximum absolute atomic E-state index is 13.4. The van der Waals surface area contributed by atoms with E-state index in [4.69, 9.17) is 5.11 Å². The zero-order valence-corrected chi connectivity index (χ0v) is 21.1. The average molecular weight is 595 g/mol. The molecule has 0 saturated heterocycles. The molecule has 0 atom stereocenters. The number of benzene rings is 3. The van der Waals surface area contributed by atoms with Crippen LogP contribution >= 0.6 is 0 Å². The molecule has 3 aromatic carbocycles. The Morgan fingerprint density at radius 2 is 1.26 bits per heavy atom. The number of alkyl halides is 6. The molecule has 220 valence electrons. The van der Waals surface area contributed by atoms with Crippen molar-refractivity contribution in [2.24, 2.45) is 0 Å². The van der Waals surface area contributed by atoms with E-state index in [2.05, 4.69) is 14.8 Å². The highest BCUT2D eigenvalue weighted by Crippen LogP contribution is 2.28. The van der Waals surface area contributed by atoms with Gasteiger partial charge >= 0.3 is 18.7 Å². The Balaban J connectivity index is 1.95. The molecule has 0 heterocycles. The van der Waals surface area contributed by atoms with Gasteiger partial charge in [-0.1, -0.05) is 36.4 Å². The molecule has 0 aromatic heterocycles. The minimum absolute atomic E-state index is 0.0268. The van der Waals surface area contributed by atoms with Crippen molar-refractivity contribution in [3.8, 4) is 11.5 Å². The van der Waals surface area contributed by atoms with Crippen LogP contribution in [0.1, 0.15) is 43.1 Å². The molecule has 2 N–H and O–H groups in total. The molecule has 0 unspecified atom stereocenters. The Kier molecular flexibility index (Phi) is 9.73. The second-order valence-electron chi connectivity index (χ2n) is 8.38. The van der Waals surface area contributed by atoms with Crippen LogP contribution < -0.4 is 14.8 Å². The van der Waals surface area contributed by atoms with E-state index in [1.165, 1.54) is 30.3 Å². The summed E-state index contributed by atoms with van der Waals surface area (Å²) in [5.41, 5.74) is -0.623. The monoisotopic (exact) mass is 595 g/mol. The highest BCUT2D eigenvalue weighted by atomic mass is 19.4. The van der Waals surface area contributed by atoms with Crippen LogP contribution in [-0.4, -0.2) is 47.8 Å². The summed E-state index contributed by atoms with van der Waals surface area (Å²) in [5.74, 6) is -4.78. The van der Waals surface area contributed by atoms with Crippen LogP contribution in [0.4, 0.5) is 26.3 Å². The molecule has 1 amide bonds. The van der Waals surface area contributed by atoms with Gasteiger partial charge in [0, 0.05) is 28.8 Å². The van der Waals surface area contributed by atoms with Crippen LogP contribution in [0.3, 0.4) is 0 Å². The van der Waals surface area contributed by atoms with E-state index in [0.717, 1.165) is 48.5 Å². The first kappa shape index (κ1) is 31.4. The predicted octanol–water partition coefficient (Wildman–Crippen LogP) is 5.84. The van der Waals surface area contributed by atoms with Gasteiger partial charge in [-0.3, -0.25) is 19.2 Å². The lowest BCUT2D eigenvalue weighted by Gasteiger charge is -2.12. The van der Waals surface area contributed by atoms with E-state index >= 15 is 0 Å². The molecule has 0 saturated carbocycles. The van der Waals surface area contributed by atoms with Crippen LogP contribution in [0.2, 0.25) is 0 Å². The van der Waals surface area contributed by atoms with Crippen molar-refractivity contribution in [2.75, 3.05) is 6.54 Å². The Labute approximate surface area is 233 Å². The van der Waals surface area contributed by atoms with Gasteiger partial charge in [-0.2, -0.15) is 0 Å². The Morgan fingerprint density at radius 3 is 1.83 bits per heavy atom. The molecule has 8 nitrogen and oxygen atoms in total. The summed E-state index contributed by atoms with van der Waals surface area (Å²) >= 11 is 0.